The van der Waals surface area contributed by atoms with Crippen LogP contribution in [-0.2, 0) is 21.5 Å². The van der Waals surface area contributed by atoms with E-state index in [1.807, 2.05) is 50.2 Å². The Labute approximate surface area is 150 Å². The number of rotatable bonds is 5. The van der Waals surface area contributed by atoms with Crippen molar-refractivity contribution in [2.75, 3.05) is 5.32 Å². The molecule has 0 heterocycles. The highest BCUT2D eigenvalue weighted by molar-refractivity contribution is 9.10. The van der Waals surface area contributed by atoms with Crippen molar-refractivity contribution in [3.8, 4) is 0 Å². The van der Waals surface area contributed by atoms with E-state index in [1.54, 1.807) is 12.1 Å². The van der Waals surface area contributed by atoms with Crippen LogP contribution in [0, 0.1) is 0 Å². The summed E-state index contributed by atoms with van der Waals surface area (Å²) in [7, 11) is 0. The van der Waals surface area contributed by atoms with Gasteiger partial charge in [0.1, 0.15) is 0 Å². The number of hydrogen-bond acceptors (Lipinski definition) is 2. The average molecular weight is 389 g/mol. The normalized spacial score (nSPS) is 11.0. The zero-order valence-electron chi connectivity index (χ0n) is 14.0. The molecule has 0 aromatic heterocycles. The molecular formula is C19H21BrN2O2. The topological polar surface area (TPSA) is 58.2 Å². The highest BCUT2D eigenvalue weighted by Gasteiger charge is 2.22. The van der Waals surface area contributed by atoms with E-state index in [2.05, 4.69) is 26.6 Å². The van der Waals surface area contributed by atoms with Crippen LogP contribution in [-0.4, -0.2) is 11.8 Å². The second-order valence-corrected chi connectivity index (χ2v) is 7.15. The molecule has 0 atom stereocenters. The molecule has 0 radical (unpaired) electrons. The second-order valence-electron chi connectivity index (χ2n) is 6.23. The molecule has 2 aromatic rings. The fourth-order valence-corrected chi connectivity index (χ4v) is 2.69. The van der Waals surface area contributed by atoms with Crippen molar-refractivity contribution < 1.29 is 9.59 Å². The van der Waals surface area contributed by atoms with Crippen molar-refractivity contribution in [1.82, 2.24) is 5.32 Å². The molecule has 0 saturated carbocycles. The molecule has 0 aliphatic heterocycles. The summed E-state index contributed by atoms with van der Waals surface area (Å²) in [4.78, 5) is 23.4. The summed E-state index contributed by atoms with van der Waals surface area (Å²) >= 11 is 3.41. The van der Waals surface area contributed by atoms with E-state index in [1.165, 1.54) is 6.92 Å². The Morgan fingerprint density at radius 1 is 1.00 bits per heavy atom. The molecule has 4 nitrogen and oxygen atoms in total. The van der Waals surface area contributed by atoms with Crippen molar-refractivity contribution in [2.45, 2.75) is 32.7 Å². The first-order valence-corrected chi connectivity index (χ1v) is 8.49. The Bertz CT molecular complexity index is 722. The number of halogens is 1. The summed E-state index contributed by atoms with van der Waals surface area (Å²) in [6.45, 7) is 5.42. The molecule has 0 unspecified atom stereocenters. The molecule has 0 aliphatic rings. The lowest BCUT2D eigenvalue weighted by Crippen LogP contribution is -2.41. The van der Waals surface area contributed by atoms with Crippen LogP contribution < -0.4 is 10.6 Å². The summed E-state index contributed by atoms with van der Waals surface area (Å²) in [6.07, 6.45) is 0.292. The second kappa shape index (κ2) is 7.62. The maximum absolute atomic E-state index is 12.3. The third kappa shape index (κ3) is 5.20. The highest BCUT2D eigenvalue weighted by atomic mass is 79.9. The molecular weight excluding hydrogens is 368 g/mol. The molecule has 2 N–H and O–H groups in total. The van der Waals surface area contributed by atoms with Gasteiger partial charge in [-0.2, -0.15) is 0 Å². The van der Waals surface area contributed by atoms with Gasteiger partial charge >= 0.3 is 0 Å². The Morgan fingerprint density at radius 3 is 2.12 bits per heavy atom. The third-order valence-electron chi connectivity index (χ3n) is 3.66. The summed E-state index contributed by atoms with van der Waals surface area (Å²) in [5.41, 5.74) is 2.21. The van der Waals surface area contributed by atoms with Gasteiger partial charge in [0.05, 0.1) is 12.0 Å². The van der Waals surface area contributed by atoms with E-state index in [0.717, 1.165) is 21.3 Å². The zero-order chi connectivity index (χ0) is 17.7. The highest BCUT2D eigenvalue weighted by Crippen LogP contribution is 2.22. The third-order valence-corrected chi connectivity index (χ3v) is 4.19. The Hall–Kier alpha value is -2.14. The van der Waals surface area contributed by atoms with Gasteiger partial charge in [0.25, 0.3) is 0 Å². The van der Waals surface area contributed by atoms with Gasteiger partial charge in [-0.1, -0.05) is 40.2 Å². The predicted molar refractivity (Wildman–Crippen MR) is 99.8 cm³/mol. The molecule has 0 spiro atoms. The van der Waals surface area contributed by atoms with Crippen molar-refractivity contribution in [3.63, 3.8) is 0 Å². The van der Waals surface area contributed by atoms with Crippen LogP contribution >= 0.6 is 15.9 Å². The van der Waals surface area contributed by atoms with Crippen LogP contribution in [0.2, 0.25) is 0 Å². The largest absolute Gasteiger partial charge is 0.347 e. The van der Waals surface area contributed by atoms with E-state index in [0.29, 0.717) is 6.42 Å². The summed E-state index contributed by atoms with van der Waals surface area (Å²) in [5, 5.41) is 5.77. The van der Waals surface area contributed by atoms with Gasteiger partial charge in [0.15, 0.2) is 0 Å². The van der Waals surface area contributed by atoms with Crippen LogP contribution in [0.15, 0.2) is 53.0 Å². The van der Waals surface area contributed by atoms with Gasteiger partial charge in [-0.05, 0) is 49.2 Å². The summed E-state index contributed by atoms with van der Waals surface area (Å²) in [6, 6.07) is 15.2. The van der Waals surface area contributed by atoms with Gasteiger partial charge < -0.3 is 10.6 Å². The van der Waals surface area contributed by atoms with Crippen LogP contribution in [0.3, 0.4) is 0 Å². The molecule has 0 saturated heterocycles. The maximum atomic E-state index is 12.3. The fourth-order valence-electron chi connectivity index (χ4n) is 2.43. The van der Waals surface area contributed by atoms with E-state index >= 15 is 0 Å². The lowest BCUT2D eigenvalue weighted by molar-refractivity contribution is -0.122. The van der Waals surface area contributed by atoms with E-state index in [9.17, 15) is 9.59 Å². The predicted octanol–water partition coefficient (Wildman–Crippen LogP) is 4.00. The van der Waals surface area contributed by atoms with E-state index < -0.39 is 5.54 Å². The number of nitrogens with one attached hydrogen (secondary N) is 2. The van der Waals surface area contributed by atoms with Crippen LogP contribution in [0.1, 0.15) is 31.9 Å². The molecule has 2 amide bonds. The first kappa shape index (κ1) is 18.2. The van der Waals surface area contributed by atoms with Gasteiger partial charge in [0, 0.05) is 17.1 Å². The first-order valence-electron chi connectivity index (χ1n) is 7.70. The van der Waals surface area contributed by atoms with Gasteiger partial charge in [0.2, 0.25) is 11.8 Å². The summed E-state index contributed by atoms with van der Waals surface area (Å²) < 4.78 is 1.01. The minimum atomic E-state index is -0.450. The van der Waals surface area contributed by atoms with Crippen LogP contribution in [0.25, 0.3) is 0 Å². The molecule has 2 aromatic carbocycles. The van der Waals surface area contributed by atoms with Crippen molar-refractivity contribution >= 4 is 33.4 Å². The molecule has 2 rings (SSSR count). The number of amides is 2. The standard InChI is InChI=1S/C19H21BrN2O2/c1-13(23)21-17-10-4-14(5-11-17)12-18(24)22-19(2,3)15-6-8-16(20)9-7-15/h4-11H,12H2,1-3H3,(H,21,23)(H,22,24). The molecule has 24 heavy (non-hydrogen) atoms. The molecule has 0 fully saturated rings. The number of carbonyl (C=O) groups is 2. The molecule has 0 aliphatic carbocycles. The molecule has 126 valence electrons. The van der Waals surface area contributed by atoms with Crippen LogP contribution in [0.5, 0.6) is 0 Å². The lowest BCUT2D eigenvalue weighted by atomic mass is 9.94. The van der Waals surface area contributed by atoms with Gasteiger partial charge in [-0.15, -0.1) is 0 Å². The van der Waals surface area contributed by atoms with Crippen molar-refractivity contribution in [3.05, 3.63) is 64.1 Å². The Kier molecular flexibility index (Phi) is 5.78. The summed E-state index contributed by atoms with van der Waals surface area (Å²) in [5.74, 6) is -0.160. The first-order chi connectivity index (χ1) is 11.3. The minimum absolute atomic E-state index is 0.0461. The van der Waals surface area contributed by atoms with Gasteiger partial charge in [-0.25, -0.2) is 0 Å². The zero-order valence-corrected chi connectivity index (χ0v) is 15.6. The van der Waals surface area contributed by atoms with E-state index in [-0.39, 0.29) is 11.8 Å². The fraction of sp³-hybridized carbons (Fsp3) is 0.263. The van der Waals surface area contributed by atoms with Gasteiger partial charge in [-0.3, -0.25) is 9.59 Å². The van der Waals surface area contributed by atoms with Crippen molar-refractivity contribution in [1.29, 1.82) is 0 Å². The number of carbonyl (C=O) groups excluding carboxylic acids is 2. The SMILES string of the molecule is CC(=O)Nc1ccc(CC(=O)NC(C)(C)c2ccc(Br)cc2)cc1. The van der Waals surface area contributed by atoms with Crippen LogP contribution in [0.4, 0.5) is 5.69 Å². The maximum Gasteiger partial charge on any atom is 0.225 e. The smallest absolute Gasteiger partial charge is 0.225 e. The average Bonchev–Trinajstić information content (AvgIpc) is 2.48. The molecule has 0 bridgehead atoms. The minimum Gasteiger partial charge on any atom is -0.347 e. The number of benzene rings is 2. The lowest BCUT2D eigenvalue weighted by Gasteiger charge is -2.27. The Morgan fingerprint density at radius 2 is 1.58 bits per heavy atom. The number of hydrogen-bond donors (Lipinski definition) is 2. The molecule has 5 heteroatoms. The van der Waals surface area contributed by atoms with E-state index in [4.69, 9.17) is 0 Å². The Balaban J connectivity index is 1.99. The monoisotopic (exact) mass is 388 g/mol. The quantitative estimate of drug-likeness (QED) is 0.812. The van der Waals surface area contributed by atoms with Crippen molar-refractivity contribution in [2.24, 2.45) is 0 Å². The number of anilines is 1.